The van der Waals surface area contributed by atoms with Gasteiger partial charge in [0.1, 0.15) is 6.04 Å². The number of hydrogen-bond acceptors (Lipinski definition) is 6. The van der Waals surface area contributed by atoms with E-state index >= 15 is 0 Å². The first-order valence-corrected chi connectivity index (χ1v) is 11.2. The molecule has 1 aromatic rings. The van der Waals surface area contributed by atoms with Gasteiger partial charge in [-0.05, 0) is 80.8 Å². The van der Waals surface area contributed by atoms with Crippen LogP contribution in [-0.2, 0) is 16.1 Å². The second-order valence-corrected chi connectivity index (χ2v) is 9.48. The quantitative estimate of drug-likeness (QED) is 0.608. The van der Waals surface area contributed by atoms with E-state index in [0.29, 0.717) is 29.0 Å². The smallest absolute Gasteiger partial charge is 0.262 e. The molecule has 0 radical (unpaired) electrons. The van der Waals surface area contributed by atoms with E-state index in [4.69, 9.17) is 0 Å². The molecule has 3 fully saturated rings. The lowest BCUT2D eigenvalue weighted by Gasteiger charge is -2.50. The number of nitrogens with zero attached hydrogens (tertiary/aromatic N) is 1. The van der Waals surface area contributed by atoms with Crippen molar-refractivity contribution >= 4 is 23.6 Å². The molecule has 1 aromatic carbocycles. The molecule has 0 aromatic heterocycles. The summed E-state index contributed by atoms with van der Waals surface area (Å²) in [4.78, 5) is 50.2. The lowest BCUT2D eigenvalue weighted by molar-refractivity contribution is -0.136. The summed E-state index contributed by atoms with van der Waals surface area (Å²) < 4.78 is 0. The molecule has 1 spiro atoms. The lowest BCUT2D eigenvalue weighted by atomic mass is 9.58. The van der Waals surface area contributed by atoms with Gasteiger partial charge in [0.2, 0.25) is 11.8 Å². The van der Waals surface area contributed by atoms with Gasteiger partial charge < -0.3 is 10.6 Å². The maximum absolute atomic E-state index is 12.9. The van der Waals surface area contributed by atoms with Gasteiger partial charge in [-0.2, -0.15) is 0 Å². The van der Waals surface area contributed by atoms with Gasteiger partial charge in [-0.3, -0.25) is 29.4 Å². The van der Waals surface area contributed by atoms with Crippen LogP contribution in [0.5, 0.6) is 0 Å². The Balaban J connectivity index is 1.19. The first-order chi connectivity index (χ1) is 15.0. The van der Waals surface area contributed by atoms with Crippen LogP contribution in [-0.4, -0.2) is 54.2 Å². The minimum absolute atomic E-state index is 0.123. The zero-order chi connectivity index (χ0) is 21.6. The number of rotatable bonds is 5. The van der Waals surface area contributed by atoms with Gasteiger partial charge in [0.25, 0.3) is 11.8 Å². The Hall–Kier alpha value is -2.58. The largest absolute Gasteiger partial charge is 0.317 e. The molecular formula is C23H28N4O4. The monoisotopic (exact) mass is 424 g/mol. The molecule has 1 atom stereocenters. The molecule has 1 unspecified atom stereocenters. The van der Waals surface area contributed by atoms with Crippen LogP contribution < -0.4 is 16.0 Å². The topological polar surface area (TPSA) is 108 Å². The van der Waals surface area contributed by atoms with E-state index in [1.165, 1.54) is 25.7 Å². The minimum Gasteiger partial charge on any atom is -0.317 e. The van der Waals surface area contributed by atoms with Crippen LogP contribution in [0.3, 0.4) is 0 Å². The van der Waals surface area contributed by atoms with Crippen molar-refractivity contribution in [1.29, 1.82) is 0 Å². The SMILES string of the molecule is O=C1CCC(N2C(=O)c3ccc(CNCC4CC5(CCNCC5)C4)cc3C2=O)C(=O)N1. The van der Waals surface area contributed by atoms with Crippen molar-refractivity contribution in [1.82, 2.24) is 20.9 Å². The molecule has 8 nitrogen and oxygen atoms in total. The second-order valence-electron chi connectivity index (χ2n) is 9.48. The summed E-state index contributed by atoms with van der Waals surface area (Å²) in [5.41, 5.74) is 2.18. The summed E-state index contributed by atoms with van der Waals surface area (Å²) >= 11 is 0. The summed E-state index contributed by atoms with van der Waals surface area (Å²) in [6.07, 6.45) is 5.45. The van der Waals surface area contributed by atoms with Crippen LogP contribution in [0.25, 0.3) is 0 Å². The predicted octanol–water partition coefficient (Wildman–Crippen LogP) is 0.957. The van der Waals surface area contributed by atoms with Crippen molar-refractivity contribution in [2.24, 2.45) is 11.3 Å². The highest BCUT2D eigenvalue weighted by Crippen LogP contribution is 2.51. The Bertz CT molecular complexity index is 945. The van der Waals surface area contributed by atoms with Gasteiger partial charge in [-0.25, -0.2) is 0 Å². The molecule has 3 aliphatic heterocycles. The average Bonchev–Trinajstić information content (AvgIpc) is 2.98. The van der Waals surface area contributed by atoms with Crippen molar-refractivity contribution in [3.63, 3.8) is 0 Å². The van der Waals surface area contributed by atoms with Gasteiger partial charge in [0.15, 0.2) is 0 Å². The Labute approximate surface area is 181 Å². The number of carbonyl (C=O) groups is 4. The average molecular weight is 425 g/mol. The van der Waals surface area contributed by atoms with Crippen LogP contribution in [0.15, 0.2) is 18.2 Å². The van der Waals surface area contributed by atoms with Crippen molar-refractivity contribution in [2.75, 3.05) is 19.6 Å². The number of imide groups is 2. The highest BCUT2D eigenvalue weighted by atomic mass is 16.2. The minimum atomic E-state index is -0.924. The molecule has 8 heteroatoms. The van der Waals surface area contributed by atoms with E-state index < -0.39 is 23.8 Å². The maximum atomic E-state index is 12.9. The number of fused-ring (bicyclic) bond motifs is 1. The van der Waals surface area contributed by atoms with Gasteiger partial charge in [0.05, 0.1) is 11.1 Å². The van der Waals surface area contributed by atoms with Gasteiger partial charge in [0, 0.05) is 13.0 Å². The fourth-order valence-corrected chi connectivity index (χ4v) is 5.72. The summed E-state index contributed by atoms with van der Waals surface area (Å²) in [7, 11) is 0. The number of nitrogens with one attached hydrogen (secondary N) is 3. The van der Waals surface area contributed by atoms with Crippen molar-refractivity contribution < 1.29 is 19.2 Å². The first-order valence-electron chi connectivity index (χ1n) is 11.2. The molecular weight excluding hydrogens is 396 g/mol. The van der Waals surface area contributed by atoms with Crippen LogP contribution in [0.1, 0.15) is 64.8 Å². The molecule has 2 saturated heterocycles. The Morgan fingerprint density at radius 3 is 2.52 bits per heavy atom. The van der Waals surface area contributed by atoms with Crippen LogP contribution in [0.2, 0.25) is 0 Å². The standard InChI is InChI=1S/C23H28N4O4/c28-19-4-3-18(20(29)26-19)27-21(30)16-2-1-14(9-17(16)22(27)31)12-25-13-15-10-23(11-15)5-7-24-8-6-23/h1-2,9,15,18,24-25H,3-8,10-13H2,(H,26,28,29). The summed E-state index contributed by atoms with van der Waals surface area (Å²) in [6, 6.07) is 4.36. The molecule has 3 heterocycles. The molecule has 0 bridgehead atoms. The molecule has 164 valence electrons. The van der Waals surface area contributed by atoms with E-state index in [-0.39, 0.29) is 18.7 Å². The maximum Gasteiger partial charge on any atom is 0.262 e. The first kappa shape index (κ1) is 20.3. The normalized spacial score (nSPS) is 25.5. The van der Waals surface area contributed by atoms with E-state index in [1.54, 1.807) is 12.1 Å². The van der Waals surface area contributed by atoms with Gasteiger partial charge >= 0.3 is 0 Å². The lowest BCUT2D eigenvalue weighted by Crippen LogP contribution is -2.54. The summed E-state index contributed by atoms with van der Waals surface area (Å²) in [5, 5.41) is 9.16. The fraction of sp³-hybridized carbons (Fsp3) is 0.565. The van der Waals surface area contributed by atoms with Crippen LogP contribution >= 0.6 is 0 Å². The third-order valence-electron chi connectivity index (χ3n) is 7.37. The number of benzene rings is 1. The Morgan fingerprint density at radius 1 is 1.03 bits per heavy atom. The predicted molar refractivity (Wildman–Crippen MR) is 112 cm³/mol. The van der Waals surface area contributed by atoms with E-state index in [1.807, 2.05) is 6.07 Å². The zero-order valence-electron chi connectivity index (χ0n) is 17.5. The molecule has 4 amide bonds. The summed E-state index contributed by atoms with van der Waals surface area (Å²) in [5.74, 6) is -1.17. The third-order valence-corrected chi connectivity index (χ3v) is 7.37. The van der Waals surface area contributed by atoms with Gasteiger partial charge in [-0.1, -0.05) is 6.07 Å². The number of piperidine rings is 2. The Morgan fingerprint density at radius 2 is 1.77 bits per heavy atom. The molecule has 4 aliphatic rings. The van der Waals surface area contributed by atoms with Crippen molar-refractivity contribution in [3.05, 3.63) is 34.9 Å². The third kappa shape index (κ3) is 3.68. The molecule has 3 N–H and O–H groups in total. The zero-order valence-corrected chi connectivity index (χ0v) is 17.5. The molecule has 31 heavy (non-hydrogen) atoms. The molecule has 1 aliphatic carbocycles. The van der Waals surface area contributed by atoms with E-state index in [9.17, 15) is 19.2 Å². The number of amides is 4. The van der Waals surface area contributed by atoms with Crippen LogP contribution in [0, 0.1) is 11.3 Å². The van der Waals surface area contributed by atoms with Gasteiger partial charge in [-0.15, -0.1) is 0 Å². The second kappa shape index (κ2) is 7.84. The van der Waals surface area contributed by atoms with E-state index in [0.717, 1.165) is 30.1 Å². The molecule has 1 saturated carbocycles. The number of hydrogen-bond donors (Lipinski definition) is 3. The molecule has 5 rings (SSSR count). The van der Waals surface area contributed by atoms with E-state index in [2.05, 4.69) is 16.0 Å². The highest BCUT2D eigenvalue weighted by molar-refractivity contribution is 6.23. The highest BCUT2D eigenvalue weighted by Gasteiger charge is 2.45. The van der Waals surface area contributed by atoms with Crippen LogP contribution in [0.4, 0.5) is 0 Å². The van der Waals surface area contributed by atoms with Crippen molar-refractivity contribution in [2.45, 2.75) is 51.1 Å². The number of carbonyl (C=O) groups excluding carboxylic acids is 4. The van der Waals surface area contributed by atoms with Crippen molar-refractivity contribution in [3.8, 4) is 0 Å². The fourth-order valence-electron chi connectivity index (χ4n) is 5.72. The Kier molecular flexibility index (Phi) is 5.14. The summed E-state index contributed by atoms with van der Waals surface area (Å²) in [6.45, 7) is 3.87.